The maximum absolute atomic E-state index is 13.8. The predicted octanol–water partition coefficient (Wildman–Crippen LogP) is 4.47. The van der Waals surface area contributed by atoms with Gasteiger partial charge in [-0.3, -0.25) is 0 Å². The molecule has 1 rings (SSSR count). The monoisotopic (exact) mass is 301 g/mol. The van der Waals surface area contributed by atoms with Gasteiger partial charge in [-0.05, 0) is 49.1 Å². The SMILES string of the molecule is CCCNC(CC)C(C)c1cc(Br)ccc1F. The van der Waals surface area contributed by atoms with E-state index in [2.05, 4.69) is 42.0 Å². The fourth-order valence-electron chi connectivity index (χ4n) is 2.08. The van der Waals surface area contributed by atoms with Crippen LogP contribution in [0.5, 0.6) is 0 Å². The van der Waals surface area contributed by atoms with Crippen LogP contribution < -0.4 is 5.32 Å². The standard InChI is InChI=1S/C14H21BrFN/c1-4-8-17-14(5-2)10(3)12-9-11(15)6-7-13(12)16/h6-7,9-10,14,17H,4-5,8H2,1-3H3. The fourth-order valence-corrected chi connectivity index (χ4v) is 2.46. The normalized spacial score (nSPS) is 14.6. The van der Waals surface area contributed by atoms with Crippen molar-refractivity contribution in [2.24, 2.45) is 0 Å². The molecule has 2 atom stereocenters. The summed E-state index contributed by atoms with van der Waals surface area (Å²) in [6.07, 6.45) is 2.11. The van der Waals surface area contributed by atoms with Crippen molar-refractivity contribution in [3.63, 3.8) is 0 Å². The lowest BCUT2D eigenvalue weighted by Crippen LogP contribution is -2.34. The predicted molar refractivity (Wildman–Crippen MR) is 74.9 cm³/mol. The summed E-state index contributed by atoms with van der Waals surface area (Å²) in [5, 5.41) is 3.48. The molecule has 1 nitrogen and oxygen atoms in total. The van der Waals surface area contributed by atoms with Gasteiger partial charge in [0, 0.05) is 10.5 Å². The minimum Gasteiger partial charge on any atom is -0.313 e. The summed E-state index contributed by atoms with van der Waals surface area (Å²) in [4.78, 5) is 0. The molecule has 0 saturated heterocycles. The Morgan fingerprint density at radius 2 is 2.06 bits per heavy atom. The fraction of sp³-hybridized carbons (Fsp3) is 0.571. The molecule has 1 N–H and O–H groups in total. The third kappa shape index (κ3) is 4.07. The van der Waals surface area contributed by atoms with Crippen molar-refractivity contribution in [1.82, 2.24) is 5.32 Å². The Morgan fingerprint density at radius 1 is 1.35 bits per heavy atom. The lowest BCUT2D eigenvalue weighted by atomic mass is 9.91. The Labute approximate surface area is 112 Å². The highest BCUT2D eigenvalue weighted by Crippen LogP contribution is 2.26. The lowest BCUT2D eigenvalue weighted by molar-refractivity contribution is 0.427. The molecule has 0 fully saturated rings. The zero-order valence-electron chi connectivity index (χ0n) is 10.8. The Morgan fingerprint density at radius 3 is 2.65 bits per heavy atom. The summed E-state index contributed by atoms with van der Waals surface area (Å²) in [6, 6.07) is 5.49. The summed E-state index contributed by atoms with van der Waals surface area (Å²) in [7, 11) is 0. The number of rotatable bonds is 6. The van der Waals surface area contributed by atoms with Gasteiger partial charge in [0.15, 0.2) is 0 Å². The average Bonchev–Trinajstić information content (AvgIpc) is 2.33. The molecule has 0 saturated carbocycles. The molecule has 0 aromatic heterocycles. The first-order valence-electron chi connectivity index (χ1n) is 6.28. The third-order valence-electron chi connectivity index (χ3n) is 3.15. The smallest absolute Gasteiger partial charge is 0.126 e. The maximum atomic E-state index is 13.8. The molecule has 2 unspecified atom stereocenters. The maximum Gasteiger partial charge on any atom is 0.126 e. The van der Waals surface area contributed by atoms with Crippen LogP contribution in [0, 0.1) is 5.82 Å². The second-order valence-electron chi connectivity index (χ2n) is 4.42. The Balaban J connectivity index is 2.85. The molecule has 96 valence electrons. The first-order chi connectivity index (χ1) is 8.10. The number of benzene rings is 1. The van der Waals surface area contributed by atoms with Crippen LogP contribution in [0.15, 0.2) is 22.7 Å². The van der Waals surface area contributed by atoms with Gasteiger partial charge in [-0.1, -0.05) is 36.7 Å². The van der Waals surface area contributed by atoms with Crippen LogP contribution in [0.2, 0.25) is 0 Å². The molecular formula is C14H21BrFN. The first kappa shape index (κ1) is 14.7. The van der Waals surface area contributed by atoms with E-state index in [4.69, 9.17) is 0 Å². The van der Waals surface area contributed by atoms with Gasteiger partial charge < -0.3 is 5.32 Å². The molecule has 0 aliphatic carbocycles. The zero-order chi connectivity index (χ0) is 12.8. The average molecular weight is 302 g/mol. The van der Waals surface area contributed by atoms with Crippen molar-refractivity contribution in [2.75, 3.05) is 6.54 Å². The molecule has 1 aromatic carbocycles. The highest BCUT2D eigenvalue weighted by Gasteiger charge is 2.19. The van der Waals surface area contributed by atoms with Crippen molar-refractivity contribution in [2.45, 2.75) is 45.6 Å². The van der Waals surface area contributed by atoms with E-state index in [1.165, 1.54) is 6.07 Å². The van der Waals surface area contributed by atoms with Crippen LogP contribution in [0.25, 0.3) is 0 Å². The van der Waals surface area contributed by atoms with Crippen molar-refractivity contribution in [1.29, 1.82) is 0 Å². The molecule has 0 amide bonds. The Bertz CT molecular complexity index is 354. The molecule has 0 radical (unpaired) electrons. The van der Waals surface area contributed by atoms with E-state index in [1.807, 2.05) is 6.07 Å². The Kier molecular flexibility index (Phi) is 6.14. The largest absolute Gasteiger partial charge is 0.313 e. The van der Waals surface area contributed by atoms with Crippen LogP contribution in [-0.2, 0) is 0 Å². The highest BCUT2D eigenvalue weighted by atomic mass is 79.9. The second kappa shape index (κ2) is 7.12. The third-order valence-corrected chi connectivity index (χ3v) is 3.64. The van der Waals surface area contributed by atoms with E-state index in [0.717, 1.165) is 29.4 Å². The van der Waals surface area contributed by atoms with Gasteiger partial charge >= 0.3 is 0 Å². The van der Waals surface area contributed by atoms with Crippen LogP contribution >= 0.6 is 15.9 Å². The van der Waals surface area contributed by atoms with Crippen LogP contribution in [0.3, 0.4) is 0 Å². The van der Waals surface area contributed by atoms with Crippen molar-refractivity contribution >= 4 is 15.9 Å². The van der Waals surface area contributed by atoms with E-state index >= 15 is 0 Å². The Hall–Kier alpha value is -0.410. The van der Waals surface area contributed by atoms with E-state index in [9.17, 15) is 4.39 Å². The van der Waals surface area contributed by atoms with E-state index in [0.29, 0.717) is 6.04 Å². The van der Waals surface area contributed by atoms with Crippen molar-refractivity contribution in [3.05, 3.63) is 34.1 Å². The number of hydrogen-bond donors (Lipinski definition) is 1. The summed E-state index contributed by atoms with van der Waals surface area (Å²) in [5.41, 5.74) is 0.787. The van der Waals surface area contributed by atoms with Gasteiger partial charge in [0.2, 0.25) is 0 Å². The molecular weight excluding hydrogens is 281 g/mol. The summed E-state index contributed by atoms with van der Waals surface area (Å²) < 4.78 is 14.7. The van der Waals surface area contributed by atoms with Gasteiger partial charge in [-0.2, -0.15) is 0 Å². The van der Waals surface area contributed by atoms with Gasteiger partial charge in [-0.25, -0.2) is 4.39 Å². The van der Waals surface area contributed by atoms with E-state index < -0.39 is 0 Å². The van der Waals surface area contributed by atoms with Crippen LogP contribution in [0.4, 0.5) is 4.39 Å². The van der Waals surface area contributed by atoms with Crippen molar-refractivity contribution in [3.8, 4) is 0 Å². The first-order valence-corrected chi connectivity index (χ1v) is 7.07. The van der Waals surface area contributed by atoms with Crippen LogP contribution in [-0.4, -0.2) is 12.6 Å². The molecule has 1 aromatic rings. The number of hydrogen-bond acceptors (Lipinski definition) is 1. The van der Waals surface area contributed by atoms with Gasteiger partial charge in [0.05, 0.1) is 0 Å². The lowest BCUT2D eigenvalue weighted by Gasteiger charge is -2.25. The number of nitrogens with one attached hydrogen (secondary N) is 1. The minimum atomic E-state index is -0.113. The van der Waals surface area contributed by atoms with E-state index in [1.54, 1.807) is 6.07 Å². The molecule has 17 heavy (non-hydrogen) atoms. The second-order valence-corrected chi connectivity index (χ2v) is 5.34. The minimum absolute atomic E-state index is 0.113. The van der Waals surface area contributed by atoms with Crippen molar-refractivity contribution < 1.29 is 4.39 Å². The highest BCUT2D eigenvalue weighted by molar-refractivity contribution is 9.10. The summed E-state index contributed by atoms with van der Waals surface area (Å²) >= 11 is 3.40. The summed E-state index contributed by atoms with van der Waals surface area (Å²) in [6.45, 7) is 7.35. The molecule has 0 aliphatic rings. The molecule has 0 heterocycles. The molecule has 3 heteroatoms. The van der Waals surface area contributed by atoms with Gasteiger partial charge in [0.1, 0.15) is 5.82 Å². The molecule has 0 bridgehead atoms. The number of halogens is 2. The molecule has 0 aliphatic heterocycles. The van der Waals surface area contributed by atoms with E-state index in [-0.39, 0.29) is 11.7 Å². The summed E-state index contributed by atoms with van der Waals surface area (Å²) in [5.74, 6) is 0.0708. The quantitative estimate of drug-likeness (QED) is 0.817. The van der Waals surface area contributed by atoms with Gasteiger partial charge in [0.25, 0.3) is 0 Å². The molecule has 0 spiro atoms. The van der Waals surface area contributed by atoms with Gasteiger partial charge in [-0.15, -0.1) is 0 Å². The topological polar surface area (TPSA) is 12.0 Å². The van der Waals surface area contributed by atoms with Crippen LogP contribution in [0.1, 0.15) is 45.1 Å². The zero-order valence-corrected chi connectivity index (χ0v) is 12.3.